The highest BCUT2D eigenvalue weighted by molar-refractivity contribution is 6.01. The van der Waals surface area contributed by atoms with Crippen LogP contribution in [0.3, 0.4) is 0 Å². The molecule has 1 aromatic rings. The molecule has 1 N–H and O–H groups in total. The van der Waals surface area contributed by atoms with Gasteiger partial charge in [0, 0.05) is 17.3 Å². The summed E-state index contributed by atoms with van der Waals surface area (Å²) < 4.78 is 5.37. The lowest BCUT2D eigenvalue weighted by atomic mass is 9.46. The molecule has 1 aromatic carbocycles. The molecule has 0 spiro atoms. The van der Waals surface area contributed by atoms with E-state index in [9.17, 15) is 29.6 Å². The first-order valence-corrected chi connectivity index (χ1v) is 13.7. The molecular weight excluding hydrogens is 502 g/mol. The first-order valence-electron chi connectivity index (χ1n) is 13.7. The van der Waals surface area contributed by atoms with Gasteiger partial charge in [-0.1, -0.05) is 49.8 Å². The van der Waals surface area contributed by atoms with Crippen LogP contribution in [0.2, 0.25) is 0 Å². The van der Waals surface area contributed by atoms with E-state index in [2.05, 4.69) is 18.7 Å². The molecule has 3 fully saturated rings. The third-order valence-electron chi connectivity index (χ3n) is 9.96. The number of carbonyl (C=O) groups is 3. The van der Waals surface area contributed by atoms with Gasteiger partial charge in [-0.15, -0.1) is 10.1 Å². The number of nitrogens with zero attached hydrogens (tertiary/aromatic N) is 1. The van der Waals surface area contributed by atoms with Crippen LogP contribution in [0.5, 0.6) is 0 Å². The van der Waals surface area contributed by atoms with E-state index < -0.39 is 17.2 Å². The highest BCUT2D eigenvalue weighted by Crippen LogP contribution is 2.66. The van der Waals surface area contributed by atoms with Gasteiger partial charge in [0.15, 0.2) is 11.6 Å². The zero-order chi connectivity index (χ0) is 27.9. The number of fused-ring (bicyclic) bond motifs is 5. The second-order valence-electron chi connectivity index (χ2n) is 12.0. The van der Waals surface area contributed by atoms with Gasteiger partial charge < -0.3 is 14.7 Å². The van der Waals surface area contributed by atoms with Crippen LogP contribution in [-0.2, 0) is 37.0 Å². The number of hydrogen-bond acceptors (Lipinski definition) is 8. The number of carbonyl (C=O) groups excluding carboxylic acids is 3. The fourth-order valence-electron chi connectivity index (χ4n) is 8.20. The first kappa shape index (κ1) is 27.2. The lowest BCUT2D eigenvalue weighted by Crippen LogP contribution is -2.56. The van der Waals surface area contributed by atoms with Gasteiger partial charge in [0.1, 0.15) is 13.2 Å². The SMILES string of the molecule is CC12C=CC(=O)C=C1CCC1C2C(O)CC2(C)C(C(=O)COC(=O)Cc3ccc(CO[N+](=O)[O-])cc3)CCC12. The van der Waals surface area contributed by atoms with Gasteiger partial charge in [-0.3, -0.25) is 14.4 Å². The predicted octanol–water partition coefficient (Wildman–Crippen LogP) is 3.94. The number of aliphatic hydroxyl groups excluding tert-OH is 1. The molecule has 0 aromatic heterocycles. The molecule has 0 amide bonds. The molecule has 4 aliphatic carbocycles. The van der Waals surface area contributed by atoms with E-state index in [0.29, 0.717) is 17.5 Å². The van der Waals surface area contributed by atoms with Crippen LogP contribution in [0.25, 0.3) is 0 Å². The molecule has 7 atom stereocenters. The molecule has 39 heavy (non-hydrogen) atoms. The predicted molar refractivity (Wildman–Crippen MR) is 139 cm³/mol. The van der Waals surface area contributed by atoms with Gasteiger partial charge in [-0.2, -0.15) is 0 Å². The number of aliphatic hydroxyl groups is 1. The fourth-order valence-corrected chi connectivity index (χ4v) is 8.20. The molecule has 0 saturated heterocycles. The molecule has 4 aliphatic rings. The minimum atomic E-state index is -0.860. The Bertz CT molecular complexity index is 1240. The first-order chi connectivity index (χ1) is 18.5. The monoisotopic (exact) mass is 537 g/mol. The van der Waals surface area contributed by atoms with Crippen LogP contribution in [0.4, 0.5) is 0 Å². The van der Waals surface area contributed by atoms with Crippen molar-refractivity contribution in [2.75, 3.05) is 6.61 Å². The molecule has 0 bridgehead atoms. The normalized spacial score (nSPS) is 34.8. The van der Waals surface area contributed by atoms with E-state index in [1.165, 1.54) is 0 Å². The smallest absolute Gasteiger partial charge is 0.310 e. The molecule has 0 radical (unpaired) electrons. The molecule has 208 valence electrons. The largest absolute Gasteiger partial charge is 0.457 e. The molecular formula is C30H35NO8. The third kappa shape index (κ3) is 5.04. The van der Waals surface area contributed by atoms with Crippen molar-refractivity contribution in [3.05, 3.63) is 69.3 Å². The molecule has 9 nitrogen and oxygen atoms in total. The summed E-state index contributed by atoms with van der Waals surface area (Å²) in [4.78, 5) is 52.5. The summed E-state index contributed by atoms with van der Waals surface area (Å²) in [6.45, 7) is 3.79. The summed E-state index contributed by atoms with van der Waals surface area (Å²) in [5.41, 5.74) is 1.68. The molecule has 5 rings (SSSR count). The quantitative estimate of drug-likeness (QED) is 0.299. The van der Waals surface area contributed by atoms with Gasteiger partial charge >= 0.3 is 5.97 Å². The van der Waals surface area contributed by atoms with Crippen LogP contribution >= 0.6 is 0 Å². The Balaban J connectivity index is 1.20. The minimum absolute atomic E-state index is 0.0106. The summed E-state index contributed by atoms with van der Waals surface area (Å²) in [7, 11) is 0. The van der Waals surface area contributed by atoms with Crippen molar-refractivity contribution in [2.24, 2.45) is 34.5 Å². The van der Waals surface area contributed by atoms with Crippen LogP contribution < -0.4 is 0 Å². The van der Waals surface area contributed by atoms with Crippen molar-refractivity contribution in [3.8, 4) is 0 Å². The number of Topliss-reactive ketones (excluding diaryl/α,β-unsaturated/α-hetero) is 1. The molecule has 3 saturated carbocycles. The van der Waals surface area contributed by atoms with Crippen molar-refractivity contribution in [3.63, 3.8) is 0 Å². The molecule has 9 heteroatoms. The van der Waals surface area contributed by atoms with Gasteiger partial charge in [-0.05, 0) is 72.6 Å². The Kier molecular flexibility index (Phi) is 7.22. The summed E-state index contributed by atoms with van der Waals surface area (Å²) in [6.07, 6.45) is 8.61. The van der Waals surface area contributed by atoms with Crippen molar-refractivity contribution in [1.82, 2.24) is 0 Å². The Hall–Kier alpha value is -3.33. The zero-order valence-corrected chi connectivity index (χ0v) is 22.3. The standard InChI is InChI=1S/C30H35NO8/c1-29-12-11-21(32)14-20(29)7-8-22-23-9-10-24(30(23,2)15-25(33)28(22)29)26(34)17-38-27(35)13-18-3-5-19(6-4-18)16-39-31(36)37/h3-6,11-12,14,22-25,28,33H,7-10,13,15-17H2,1-2H3. The lowest BCUT2D eigenvalue weighted by Gasteiger charge is -2.58. The van der Waals surface area contributed by atoms with Crippen molar-refractivity contribution in [2.45, 2.75) is 65.1 Å². The summed E-state index contributed by atoms with van der Waals surface area (Å²) in [5.74, 6) is -0.313. The van der Waals surface area contributed by atoms with Crippen molar-refractivity contribution < 1.29 is 34.2 Å². The van der Waals surface area contributed by atoms with Crippen LogP contribution in [0, 0.1) is 44.6 Å². The summed E-state index contributed by atoms with van der Waals surface area (Å²) in [6, 6.07) is 6.63. The Morgan fingerprint density at radius 1 is 1.13 bits per heavy atom. The van der Waals surface area contributed by atoms with Crippen LogP contribution in [0.1, 0.15) is 57.1 Å². The molecule has 0 heterocycles. The molecule has 0 aliphatic heterocycles. The van der Waals surface area contributed by atoms with E-state index in [1.807, 2.05) is 6.08 Å². The Labute approximate surface area is 227 Å². The average molecular weight is 538 g/mol. The number of ketones is 2. The van der Waals surface area contributed by atoms with Crippen LogP contribution in [-0.4, -0.2) is 40.4 Å². The van der Waals surface area contributed by atoms with E-state index in [0.717, 1.165) is 31.3 Å². The maximum atomic E-state index is 13.3. The van der Waals surface area contributed by atoms with E-state index in [1.54, 1.807) is 36.4 Å². The number of hydrogen-bond donors (Lipinski definition) is 1. The number of benzene rings is 1. The van der Waals surface area contributed by atoms with Gasteiger partial charge in [0.2, 0.25) is 0 Å². The van der Waals surface area contributed by atoms with Crippen LogP contribution in [0.15, 0.2) is 48.1 Å². The molecule has 7 unspecified atom stereocenters. The van der Waals surface area contributed by atoms with E-state index >= 15 is 0 Å². The number of ether oxygens (including phenoxy) is 1. The number of allylic oxidation sites excluding steroid dienone is 4. The summed E-state index contributed by atoms with van der Waals surface area (Å²) >= 11 is 0. The lowest BCUT2D eigenvalue weighted by molar-refractivity contribution is -0.763. The van der Waals surface area contributed by atoms with E-state index in [-0.39, 0.29) is 65.7 Å². The van der Waals surface area contributed by atoms with Crippen molar-refractivity contribution >= 4 is 17.5 Å². The number of rotatable bonds is 8. The third-order valence-corrected chi connectivity index (χ3v) is 9.96. The average Bonchev–Trinajstić information content (AvgIpc) is 3.23. The Morgan fingerprint density at radius 3 is 2.56 bits per heavy atom. The maximum Gasteiger partial charge on any atom is 0.310 e. The van der Waals surface area contributed by atoms with Gasteiger partial charge in [-0.25, -0.2) is 0 Å². The zero-order valence-electron chi connectivity index (χ0n) is 22.3. The summed E-state index contributed by atoms with van der Waals surface area (Å²) in [5, 5.41) is 20.9. The van der Waals surface area contributed by atoms with Gasteiger partial charge in [0.25, 0.3) is 5.09 Å². The second-order valence-corrected chi connectivity index (χ2v) is 12.0. The Morgan fingerprint density at radius 2 is 1.85 bits per heavy atom. The second kappa shape index (κ2) is 10.3. The highest BCUT2D eigenvalue weighted by Gasteiger charge is 2.62. The maximum absolute atomic E-state index is 13.3. The van der Waals surface area contributed by atoms with E-state index in [4.69, 9.17) is 4.74 Å². The highest BCUT2D eigenvalue weighted by atomic mass is 16.9. The number of esters is 1. The van der Waals surface area contributed by atoms with Crippen molar-refractivity contribution in [1.29, 1.82) is 0 Å². The van der Waals surface area contributed by atoms with Gasteiger partial charge in [0.05, 0.1) is 12.5 Å². The fraction of sp³-hybridized carbons (Fsp3) is 0.567. The topological polar surface area (TPSA) is 133 Å². The minimum Gasteiger partial charge on any atom is -0.457 e.